The molecular weight excluding hydrogens is 271 g/mol. The maximum absolute atomic E-state index is 12.8. The average molecular weight is 290 g/mol. The Labute approximate surface area is 123 Å². The lowest BCUT2D eigenvalue weighted by atomic mass is 10.1. The molecule has 0 spiro atoms. The fourth-order valence-corrected chi connectivity index (χ4v) is 2.01. The van der Waals surface area contributed by atoms with E-state index in [-0.39, 0.29) is 11.9 Å². The molecular formula is C16H19FN2O2. The molecule has 0 radical (unpaired) electrons. The van der Waals surface area contributed by atoms with Gasteiger partial charge in [-0.15, -0.1) is 0 Å². The third kappa shape index (κ3) is 3.92. The summed E-state index contributed by atoms with van der Waals surface area (Å²) < 4.78 is 23.3. The number of nitrogens with zero attached hydrogens (tertiary/aromatic N) is 1. The Morgan fingerprint density at radius 3 is 2.52 bits per heavy atom. The average Bonchev–Trinajstić information content (AvgIpc) is 2.52. The fourth-order valence-electron chi connectivity index (χ4n) is 2.01. The number of benzene rings is 1. The first-order valence-electron chi connectivity index (χ1n) is 6.69. The van der Waals surface area contributed by atoms with E-state index in [0.717, 1.165) is 11.3 Å². The van der Waals surface area contributed by atoms with E-state index in [0.29, 0.717) is 18.0 Å². The summed E-state index contributed by atoms with van der Waals surface area (Å²) in [6, 6.07) is 8.89. The van der Waals surface area contributed by atoms with Crippen molar-refractivity contribution in [3.05, 3.63) is 53.6 Å². The zero-order valence-electron chi connectivity index (χ0n) is 12.4. The number of hydrogen-bond acceptors (Lipinski definition) is 4. The number of pyridine rings is 1. The lowest BCUT2D eigenvalue weighted by Crippen LogP contribution is -2.19. The van der Waals surface area contributed by atoms with E-state index in [4.69, 9.17) is 9.47 Å². The minimum absolute atomic E-state index is 0.0266. The molecule has 0 aliphatic carbocycles. The van der Waals surface area contributed by atoms with Gasteiger partial charge in [-0.3, -0.25) is 4.98 Å². The van der Waals surface area contributed by atoms with E-state index in [1.54, 1.807) is 20.3 Å². The van der Waals surface area contributed by atoms with E-state index < -0.39 is 0 Å². The zero-order valence-corrected chi connectivity index (χ0v) is 12.4. The van der Waals surface area contributed by atoms with Crippen LogP contribution >= 0.6 is 0 Å². The second kappa shape index (κ2) is 7.04. The highest BCUT2D eigenvalue weighted by atomic mass is 19.1. The molecule has 2 aromatic rings. The molecule has 4 nitrogen and oxygen atoms in total. The molecule has 21 heavy (non-hydrogen) atoms. The molecule has 1 heterocycles. The number of rotatable bonds is 6. The van der Waals surface area contributed by atoms with Gasteiger partial charge in [0.2, 0.25) is 0 Å². The van der Waals surface area contributed by atoms with Gasteiger partial charge in [0.05, 0.1) is 26.1 Å². The largest absolute Gasteiger partial charge is 0.493 e. The van der Waals surface area contributed by atoms with E-state index in [1.807, 2.05) is 25.1 Å². The predicted octanol–water partition coefficient (Wildman–Crippen LogP) is 3.09. The Morgan fingerprint density at radius 2 is 1.90 bits per heavy atom. The molecule has 112 valence electrons. The SMILES string of the molecule is COc1ccc(CNC(C)c2ccc(F)cn2)cc1OC. The summed E-state index contributed by atoms with van der Waals surface area (Å²) in [6.07, 6.45) is 1.23. The molecule has 2 rings (SSSR count). The van der Waals surface area contributed by atoms with Crippen LogP contribution in [0.15, 0.2) is 36.5 Å². The predicted molar refractivity (Wildman–Crippen MR) is 79.0 cm³/mol. The zero-order chi connectivity index (χ0) is 15.2. The van der Waals surface area contributed by atoms with Crippen LogP contribution in [0.2, 0.25) is 0 Å². The standard InChI is InChI=1S/C16H19FN2O2/c1-11(14-6-5-13(17)10-19-14)18-9-12-4-7-15(20-2)16(8-12)21-3/h4-8,10-11,18H,9H2,1-3H3. The molecule has 1 N–H and O–H groups in total. The molecule has 1 atom stereocenters. The van der Waals surface area contributed by atoms with Gasteiger partial charge in [0, 0.05) is 12.6 Å². The van der Waals surface area contributed by atoms with Crippen molar-refractivity contribution in [2.75, 3.05) is 14.2 Å². The molecule has 0 saturated carbocycles. The van der Waals surface area contributed by atoms with Crippen LogP contribution in [0.4, 0.5) is 4.39 Å². The van der Waals surface area contributed by atoms with Crippen molar-refractivity contribution in [1.29, 1.82) is 0 Å². The van der Waals surface area contributed by atoms with Crippen molar-refractivity contribution < 1.29 is 13.9 Å². The summed E-state index contributed by atoms with van der Waals surface area (Å²) in [5.74, 6) is 1.07. The molecule has 0 amide bonds. The monoisotopic (exact) mass is 290 g/mol. The van der Waals surface area contributed by atoms with Gasteiger partial charge in [0.25, 0.3) is 0 Å². The lowest BCUT2D eigenvalue weighted by molar-refractivity contribution is 0.354. The summed E-state index contributed by atoms with van der Waals surface area (Å²) in [5, 5.41) is 3.34. The molecule has 1 unspecified atom stereocenters. The summed E-state index contributed by atoms with van der Waals surface area (Å²) >= 11 is 0. The molecule has 5 heteroatoms. The number of hydrogen-bond donors (Lipinski definition) is 1. The van der Waals surface area contributed by atoms with Crippen molar-refractivity contribution in [1.82, 2.24) is 10.3 Å². The first kappa shape index (κ1) is 15.3. The molecule has 1 aromatic heterocycles. The highest BCUT2D eigenvalue weighted by Gasteiger charge is 2.08. The third-order valence-corrected chi connectivity index (χ3v) is 3.25. The van der Waals surface area contributed by atoms with Crippen molar-refractivity contribution in [3.8, 4) is 11.5 Å². The fraction of sp³-hybridized carbons (Fsp3) is 0.312. The number of aromatic nitrogens is 1. The number of nitrogens with one attached hydrogen (secondary N) is 1. The van der Waals surface area contributed by atoms with Crippen LogP contribution in [0.1, 0.15) is 24.2 Å². The summed E-state index contributed by atoms with van der Waals surface area (Å²) in [6.45, 7) is 2.64. The van der Waals surface area contributed by atoms with E-state index >= 15 is 0 Å². The van der Waals surface area contributed by atoms with E-state index in [2.05, 4.69) is 10.3 Å². The summed E-state index contributed by atoms with van der Waals surface area (Å²) in [7, 11) is 3.22. The van der Waals surface area contributed by atoms with Gasteiger partial charge in [0.15, 0.2) is 11.5 Å². The second-order valence-electron chi connectivity index (χ2n) is 4.69. The molecule has 0 aliphatic heterocycles. The summed E-state index contributed by atoms with van der Waals surface area (Å²) in [4.78, 5) is 4.07. The number of halogens is 1. The molecule has 0 fully saturated rings. The van der Waals surface area contributed by atoms with Crippen LogP contribution in [-0.4, -0.2) is 19.2 Å². The molecule has 0 saturated heterocycles. The van der Waals surface area contributed by atoms with Gasteiger partial charge in [-0.2, -0.15) is 0 Å². The Bertz CT molecular complexity index is 587. The quantitative estimate of drug-likeness (QED) is 0.888. The number of methoxy groups -OCH3 is 2. The van der Waals surface area contributed by atoms with Gasteiger partial charge in [0.1, 0.15) is 5.82 Å². The molecule has 0 bridgehead atoms. The van der Waals surface area contributed by atoms with Crippen LogP contribution in [0, 0.1) is 5.82 Å². The van der Waals surface area contributed by atoms with Gasteiger partial charge in [-0.1, -0.05) is 6.07 Å². The summed E-state index contributed by atoms with van der Waals surface area (Å²) in [5.41, 5.74) is 1.87. The number of ether oxygens (including phenoxy) is 2. The van der Waals surface area contributed by atoms with Crippen molar-refractivity contribution in [2.45, 2.75) is 19.5 Å². The van der Waals surface area contributed by atoms with Gasteiger partial charge < -0.3 is 14.8 Å². The van der Waals surface area contributed by atoms with Gasteiger partial charge in [-0.25, -0.2) is 4.39 Å². The van der Waals surface area contributed by atoms with Gasteiger partial charge >= 0.3 is 0 Å². The van der Waals surface area contributed by atoms with Gasteiger partial charge in [-0.05, 0) is 36.8 Å². The van der Waals surface area contributed by atoms with E-state index in [1.165, 1.54) is 12.3 Å². The third-order valence-electron chi connectivity index (χ3n) is 3.25. The first-order valence-corrected chi connectivity index (χ1v) is 6.69. The minimum Gasteiger partial charge on any atom is -0.493 e. The van der Waals surface area contributed by atoms with E-state index in [9.17, 15) is 4.39 Å². The van der Waals surface area contributed by atoms with Crippen LogP contribution < -0.4 is 14.8 Å². The highest BCUT2D eigenvalue weighted by Crippen LogP contribution is 2.27. The normalized spacial score (nSPS) is 12.0. The maximum atomic E-state index is 12.8. The van der Waals surface area contributed by atoms with Crippen LogP contribution in [-0.2, 0) is 6.54 Å². The van der Waals surface area contributed by atoms with Crippen LogP contribution in [0.5, 0.6) is 11.5 Å². The van der Waals surface area contributed by atoms with Crippen LogP contribution in [0.3, 0.4) is 0 Å². The first-order chi connectivity index (χ1) is 10.1. The van der Waals surface area contributed by atoms with Crippen LogP contribution in [0.25, 0.3) is 0 Å². The van der Waals surface area contributed by atoms with Crippen molar-refractivity contribution in [2.24, 2.45) is 0 Å². The Hall–Kier alpha value is -2.14. The lowest BCUT2D eigenvalue weighted by Gasteiger charge is -2.14. The smallest absolute Gasteiger partial charge is 0.161 e. The second-order valence-corrected chi connectivity index (χ2v) is 4.69. The molecule has 0 aliphatic rings. The minimum atomic E-state index is -0.328. The highest BCUT2D eigenvalue weighted by molar-refractivity contribution is 5.42. The van der Waals surface area contributed by atoms with Crippen molar-refractivity contribution in [3.63, 3.8) is 0 Å². The Balaban J connectivity index is 2.00. The topological polar surface area (TPSA) is 43.4 Å². The Kier molecular flexibility index (Phi) is 5.11. The Morgan fingerprint density at radius 1 is 1.14 bits per heavy atom. The maximum Gasteiger partial charge on any atom is 0.161 e. The van der Waals surface area contributed by atoms with Crippen molar-refractivity contribution >= 4 is 0 Å². The molecule has 1 aromatic carbocycles.